The molecule has 0 radical (unpaired) electrons. The molecule has 1 aromatic carbocycles. The smallest absolute Gasteiger partial charge is 0.811 e. The third kappa shape index (κ3) is 6.56. The van der Waals surface area contributed by atoms with Crippen LogP contribution in [0.1, 0.15) is 6.23 Å². The molecular formula is C15H18N3Na2O8P. The Morgan fingerprint density at radius 3 is 2.41 bits per heavy atom. The van der Waals surface area contributed by atoms with Gasteiger partial charge in [0.1, 0.15) is 29.8 Å². The van der Waals surface area contributed by atoms with Gasteiger partial charge >= 0.3 is 59.1 Å². The molecule has 1 aliphatic rings. The Kier molecular flexibility index (Phi) is 10.4. The zero-order valence-electron chi connectivity index (χ0n) is 16.2. The van der Waals surface area contributed by atoms with Gasteiger partial charge in [0.25, 0.3) is 0 Å². The number of hydrogen-bond acceptors (Lipinski definition) is 10. The average molecular weight is 445 g/mol. The minimum Gasteiger partial charge on any atom is -0.811 e. The molecule has 11 nitrogen and oxygen atoms in total. The number of aromatic nitrogens is 3. The van der Waals surface area contributed by atoms with E-state index in [0.29, 0.717) is 17.0 Å². The summed E-state index contributed by atoms with van der Waals surface area (Å²) in [5, 5.41) is 37.9. The van der Waals surface area contributed by atoms with Gasteiger partial charge in [-0.05, 0) is 24.3 Å². The van der Waals surface area contributed by atoms with Crippen molar-refractivity contribution in [3.8, 4) is 17.0 Å². The van der Waals surface area contributed by atoms with Gasteiger partial charge in [-0.25, -0.2) is 4.68 Å². The Bertz CT molecular complexity index is 833. The van der Waals surface area contributed by atoms with Gasteiger partial charge in [-0.15, -0.1) is 5.10 Å². The maximum absolute atomic E-state index is 10.8. The van der Waals surface area contributed by atoms with Gasteiger partial charge in [-0.2, -0.15) is 0 Å². The van der Waals surface area contributed by atoms with Crippen molar-refractivity contribution in [2.45, 2.75) is 30.6 Å². The molecule has 2 heterocycles. The largest absolute Gasteiger partial charge is 1.00 e. The van der Waals surface area contributed by atoms with Crippen molar-refractivity contribution in [3.05, 3.63) is 30.5 Å². The summed E-state index contributed by atoms with van der Waals surface area (Å²) >= 11 is 0. The number of ether oxygens (including phenoxy) is 2. The molecule has 148 valence electrons. The maximum atomic E-state index is 10.8. The minimum absolute atomic E-state index is 0. The first-order valence-corrected chi connectivity index (χ1v) is 9.69. The Labute approximate surface area is 210 Å². The Morgan fingerprint density at radius 1 is 1.24 bits per heavy atom. The number of aliphatic hydroxyl groups excluding tert-OH is 3. The number of rotatable bonds is 6. The summed E-state index contributed by atoms with van der Waals surface area (Å²) in [5.74, 6) is 0.662. The molecule has 3 N–H and O–H groups in total. The molecule has 0 bridgehead atoms. The molecule has 3 rings (SSSR count). The van der Waals surface area contributed by atoms with Crippen LogP contribution >= 0.6 is 7.60 Å². The summed E-state index contributed by atoms with van der Waals surface area (Å²) in [7, 11) is -3.48. The summed E-state index contributed by atoms with van der Waals surface area (Å²) in [6.45, 7) is 0. The van der Waals surface area contributed by atoms with Gasteiger partial charge in [0.15, 0.2) is 6.23 Å². The summed E-state index contributed by atoms with van der Waals surface area (Å²) in [4.78, 5) is 21.6. The van der Waals surface area contributed by atoms with Crippen molar-refractivity contribution in [2.24, 2.45) is 0 Å². The Balaban J connectivity index is 0.00000210. The summed E-state index contributed by atoms with van der Waals surface area (Å²) < 4.78 is 22.4. The van der Waals surface area contributed by atoms with Gasteiger partial charge in [-0.1, -0.05) is 12.8 Å². The molecule has 0 spiro atoms. The van der Waals surface area contributed by atoms with Crippen LogP contribution in [0.25, 0.3) is 11.3 Å². The van der Waals surface area contributed by atoms with Crippen LogP contribution in [0.5, 0.6) is 5.75 Å². The molecule has 0 aliphatic carbocycles. The van der Waals surface area contributed by atoms with Gasteiger partial charge < -0.3 is 39.1 Å². The number of methoxy groups -OCH3 is 1. The fraction of sp³-hybridized carbons (Fsp3) is 0.467. The SMILES string of the molecule is COc1ccc(-c2cn([C@@H]3O[C@H]([C@H](O)CP(=O)([O-])[O-])[C@@H](O)[C@H]3O)nn2)cc1.[Na+].[Na+]. The molecule has 1 saturated heterocycles. The van der Waals surface area contributed by atoms with Crippen LogP contribution in [0.2, 0.25) is 0 Å². The molecule has 1 fully saturated rings. The van der Waals surface area contributed by atoms with E-state index in [2.05, 4.69) is 10.3 Å². The fourth-order valence-corrected chi connectivity index (χ4v) is 3.52. The summed E-state index contributed by atoms with van der Waals surface area (Å²) in [6, 6.07) is 6.96. The molecule has 14 heteroatoms. The zero-order chi connectivity index (χ0) is 19.8. The average Bonchev–Trinajstić information content (AvgIpc) is 3.20. The number of benzene rings is 1. The van der Waals surface area contributed by atoms with Crippen LogP contribution in [-0.4, -0.2) is 68.0 Å². The van der Waals surface area contributed by atoms with E-state index in [1.807, 2.05) is 0 Å². The van der Waals surface area contributed by atoms with Gasteiger partial charge in [0.2, 0.25) is 0 Å². The van der Waals surface area contributed by atoms with E-state index in [9.17, 15) is 29.7 Å². The van der Waals surface area contributed by atoms with Crippen LogP contribution in [0.3, 0.4) is 0 Å². The minimum atomic E-state index is -5.02. The number of aliphatic hydroxyl groups is 3. The first-order valence-electron chi connectivity index (χ1n) is 7.96. The normalized spacial score (nSPS) is 25.0. The number of hydrogen-bond donors (Lipinski definition) is 3. The van der Waals surface area contributed by atoms with Crippen LogP contribution in [-0.2, 0) is 9.30 Å². The Hall–Kier alpha value is 0.150. The third-order valence-electron chi connectivity index (χ3n) is 4.22. The fourth-order valence-electron chi connectivity index (χ4n) is 2.85. The molecule has 0 saturated carbocycles. The van der Waals surface area contributed by atoms with E-state index >= 15 is 0 Å². The quantitative estimate of drug-likeness (QED) is 0.286. The third-order valence-corrected chi connectivity index (χ3v) is 5.04. The molecule has 0 unspecified atom stereocenters. The van der Waals surface area contributed by atoms with Crippen LogP contribution in [0, 0.1) is 0 Å². The van der Waals surface area contributed by atoms with E-state index in [1.165, 1.54) is 6.20 Å². The molecular weight excluding hydrogens is 427 g/mol. The van der Waals surface area contributed by atoms with E-state index in [1.54, 1.807) is 31.4 Å². The predicted molar refractivity (Wildman–Crippen MR) is 86.4 cm³/mol. The first kappa shape index (κ1) is 27.2. The van der Waals surface area contributed by atoms with Crippen molar-refractivity contribution in [1.82, 2.24) is 15.0 Å². The van der Waals surface area contributed by atoms with Crippen LogP contribution < -0.4 is 73.6 Å². The number of nitrogens with zero attached hydrogens (tertiary/aromatic N) is 3. The molecule has 29 heavy (non-hydrogen) atoms. The summed E-state index contributed by atoms with van der Waals surface area (Å²) in [6.07, 6.45) is -7.24. The molecule has 0 amide bonds. The second-order valence-electron chi connectivity index (χ2n) is 6.15. The predicted octanol–water partition coefficient (Wildman–Crippen LogP) is -8.14. The standard InChI is InChI=1S/C15H20N3O8P.2Na/c1-25-9-4-2-8(3-5-9)10-6-18(17-16-10)15-13(21)12(20)14(26-15)11(19)7-27(22,23)24;;/h2-6,11-15,19-21H,7H2,1H3,(H2,22,23,24);;/q;2*+1/p-2/t11-,12+,13-,14-,15-;;/m1../s1. The second kappa shape index (κ2) is 11.1. The van der Waals surface area contributed by atoms with Gasteiger partial charge in [-0.3, -0.25) is 0 Å². The molecule has 1 aromatic heterocycles. The van der Waals surface area contributed by atoms with Crippen LogP contribution in [0.15, 0.2) is 30.5 Å². The zero-order valence-corrected chi connectivity index (χ0v) is 21.0. The summed E-state index contributed by atoms with van der Waals surface area (Å²) in [5.41, 5.74) is 1.17. The Morgan fingerprint density at radius 2 is 1.86 bits per heavy atom. The topological polar surface area (TPSA) is 173 Å². The molecule has 2 aromatic rings. The monoisotopic (exact) mass is 445 g/mol. The van der Waals surface area contributed by atoms with Crippen LogP contribution in [0.4, 0.5) is 0 Å². The van der Waals surface area contributed by atoms with E-state index in [4.69, 9.17) is 9.47 Å². The first-order chi connectivity index (χ1) is 12.7. The maximum Gasteiger partial charge on any atom is 1.00 e. The second-order valence-corrected chi connectivity index (χ2v) is 7.73. The van der Waals surface area contributed by atoms with Crippen molar-refractivity contribution < 1.29 is 98.3 Å². The van der Waals surface area contributed by atoms with Gasteiger partial charge in [0.05, 0.1) is 19.4 Å². The van der Waals surface area contributed by atoms with Gasteiger partial charge in [0, 0.05) is 11.7 Å². The van der Waals surface area contributed by atoms with E-state index in [-0.39, 0.29) is 59.1 Å². The van der Waals surface area contributed by atoms with E-state index < -0.39 is 44.4 Å². The molecule has 1 aliphatic heterocycles. The van der Waals surface area contributed by atoms with E-state index in [0.717, 1.165) is 4.68 Å². The van der Waals surface area contributed by atoms with Crippen molar-refractivity contribution in [1.29, 1.82) is 0 Å². The van der Waals surface area contributed by atoms with Crippen molar-refractivity contribution >= 4 is 7.60 Å². The van der Waals surface area contributed by atoms with Crippen molar-refractivity contribution in [2.75, 3.05) is 13.3 Å². The molecule has 5 atom stereocenters. The van der Waals surface area contributed by atoms with Crippen molar-refractivity contribution in [3.63, 3.8) is 0 Å².